The van der Waals surface area contributed by atoms with Gasteiger partial charge in [-0.15, -0.1) is 0 Å². The van der Waals surface area contributed by atoms with Gasteiger partial charge in [0.25, 0.3) is 5.56 Å². The molecule has 132 valence electrons. The van der Waals surface area contributed by atoms with Crippen LogP contribution in [0.25, 0.3) is 22.0 Å². The van der Waals surface area contributed by atoms with Crippen LogP contribution in [0.5, 0.6) is 5.75 Å². The molecule has 1 heterocycles. The summed E-state index contributed by atoms with van der Waals surface area (Å²) in [5.41, 5.74) is 1.95. The Hall–Kier alpha value is -3.37. The summed E-state index contributed by atoms with van der Waals surface area (Å²) in [6.45, 7) is 0. The zero-order valence-corrected chi connectivity index (χ0v) is 14.7. The minimum absolute atomic E-state index is 0.163. The summed E-state index contributed by atoms with van der Waals surface area (Å²) < 4.78 is 5.56. The second-order valence-corrected chi connectivity index (χ2v) is 6.71. The Morgan fingerprint density at radius 1 is 0.852 bits per heavy atom. The minimum Gasteiger partial charge on any atom is -0.496 e. The molecule has 0 amide bonds. The number of pyridine rings is 1. The van der Waals surface area contributed by atoms with E-state index in [1.807, 2.05) is 66.7 Å². The summed E-state index contributed by atoms with van der Waals surface area (Å²) in [5.74, 6) is 0.595. The molecule has 0 spiro atoms. The van der Waals surface area contributed by atoms with Crippen molar-refractivity contribution >= 4 is 10.8 Å². The summed E-state index contributed by atoms with van der Waals surface area (Å²) in [4.78, 5) is 15.6. The van der Waals surface area contributed by atoms with Gasteiger partial charge in [0.2, 0.25) is 0 Å². The van der Waals surface area contributed by atoms with Crippen molar-refractivity contribution in [3.05, 3.63) is 99.8 Å². The monoisotopic (exact) mass is 355 g/mol. The van der Waals surface area contributed by atoms with E-state index in [4.69, 9.17) is 4.74 Å². The van der Waals surface area contributed by atoms with Crippen molar-refractivity contribution in [1.82, 2.24) is 4.98 Å². The van der Waals surface area contributed by atoms with Crippen molar-refractivity contribution in [3.8, 4) is 17.0 Å². The van der Waals surface area contributed by atoms with Crippen molar-refractivity contribution in [2.24, 2.45) is 0 Å². The quantitative estimate of drug-likeness (QED) is 0.575. The van der Waals surface area contributed by atoms with Crippen LogP contribution in [0.1, 0.15) is 16.7 Å². The van der Waals surface area contributed by atoms with Gasteiger partial charge in [-0.2, -0.15) is 0 Å². The first-order valence-electron chi connectivity index (χ1n) is 8.77. The largest absolute Gasteiger partial charge is 0.496 e. The van der Waals surface area contributed by atoms with Gasteiger partial charge in [0.15, 0.2) is 0 Å². The SMILES string of the molecule is COc1ccccc1C1(O)c2ccccc2-c2[nH]c(=O)c3ccccc3c21. The second-order valence-electron chi connectivity index (χ2n) is 6.71. The molecule has 0 bridgehead atoms. The van der Waals surface area contributed by atoms with Gasteiger partial charge in [0.05, 0.1) is 12.8 Å². The third kappa shape index (κ3) is 1.99. The van der Waals surface area contributed by atoms with E-state index in [2.05, 4.69) is 4.98 Å². The van der Waals surface area contributed by atoms with Gasteiger partial charge in [0.1, 0.15) is 11.4 Å². The first-order valence-corrected chi connectivity index (χ1v) is 8.77. The van der Waals surface area contributed by atoms with Gasteiger partial charge in [0, 0.05) is 27.6 Å². The van der Waals surface area contributed by atoms with E-state index in [-0.39, 0.29) is 5.56 Å². The lowest BCUT2D eigenvalue weighted by Crippen LogP contribution is -2.28. The van der Waals surface area contributed by atoms with Gasteiger partial charge in [-0.3, -0.25) is 4.79 Å². The fraction of sp³-hybridized carbons (Fsp3) is 0.0870. The Labute approximate surface area is 155 Å². The number of hydrogen-bond donors (Lipinski definition) is 2. The highest BCUT2D eigenvalue weighted by Crippen LogP contribution is 2.53. The van der Waals surface area contributed by atoms with Crippen LogP contribution in [-0.2, 0) is 5.60 Å². The number of H-pyrrole nitrogens is 1. The summed E-state index contributed by atoms with van der Waals surface area (Å²) in [6.07, 6.45) is 0. The molecule has 5 rings (SSSR count). The second kappa shape index (κ2) is 5.56. The molecule has 1 aliphatic carbocycles. The van der Waals surface area contributed by atoms with Crippen LogP contribution in [-0.4, -0.2) is 17.2 Å². The molecule has 0 radical (unpaired) electrons. The Balaban J connectivity index is 2.00. The first kappa shape index (κ1) is 15.9. The van der Waals surface area contributed by atoms with Gasteiger partial charge in [-0.05, 0) is 17.5 Å². The maximum atomic E-state index is 12.7. The molecule has 0 fully saturated rings. The normalized spacial score (nSPS) is 17.6. The third-order valence-corrected chi connectivity index (χ3v) is 5.37. The molecule has 2 N–H and O–H groups in total. The predicted octanol–water partition coefficient (Wildman–Crippen LogP) is 3.80. The van der Waals surface area contributed by atoms with Crippen LogP contribution in [0.3, 0.4) is 0 Å². The summed E-state index contributed by atoms with van der Waals surface area (Å²) in [7, 11) is 1.59. The number of nitrogens with one attached hydrogen (secondary N) is 1. The number of aliphatic hydroxyl groups is 1. The van der Waals surface area contributed by atoms with E-state index in [0.717, 1.165) is 16.5 Å². The maximum absolute atomic E-state index is 12.7. The van der Waals surface area contributed by atoms with Gasteiger partial charge in [-0.1, -0.05) is 60.7 Å². The predicted molar refractivity (Wildman–Crippen MR) is 105 cm³/mol. The minimum atomic E-state index is -1.43. The van der Waals surface area contributed by atoms with Crippen molar-refractivity contribution in [2.75, 3.05) is 7.11 Å². The molecule has 1 aromatic heterocycles. The lowest BCUT2D eigenvalue weighted by Gasteiger charge is -2.28. The molecule has 1 aliphatic rings. The average Bonchev–Trinajstić information content (AvgIpc) is 2.98. The van der Waals surface area contributed by atoms with Gasteiger partial charge in [-0.25, -0.2) is 0 Å². The Bertz CT molecular complexity index is 1260. The maximum Gasteiger partial charge on any atom is 0.256 e. The highest BCUT2D eigenvalue weighted by molar-refractivity contribution is 5.96. The zero-order chi connectivity index (χ0) is 18.6. The van der Waals surface area contributed by atoms with Gasteiger partial charge >= 0.3 is 0 Å². The number of benzene rings is 3. The van der Waals surface area contributed by atoms with E-state index in [1.54, 1.807) is 13.2 Å². The lowest BCUT2D eigenvalue weighted by atomic mass is 9.82. The third-order valence-electron chi connectivity index (χ3n) is 5.37. The number of aromatic nitrogens is 1. The Kier molecular flexibility index (Phi) is 3.27. The molecule has 0 saturated heterocycles. The molecule has 1 atom stereocenters. The van der Waals surface area contributed by atoms with E-state index in [1.165, 1.54) is 0 Å². The molecule has 4 aromatic rings. The highest BCUT2D eigenvalue weighted by Gasteiger charge is 2.46. The number of hydrogen-bond acceptors (Lipinski definition) is 3. The topological polar surface area (TPSA) is 62.3 Å². The molecular formula is C23H17NO3. The number of ether oxygens (including phenoxy) is 1. The Morgan fingerprint density at radius 3 is 2.26 bits per heavy atom. The van der Waals surface area contributed by atoms with E-state index < -0.39 is 5.60 Å². The van der Waals surface area contributed by atoms with Crippen molar-refractivity contribution in [2.45, 2.75) is 5.60 Å². The number of fused-ring (bicyclic) bond motifs is 5. The number of methoxy groups -OCH3 is 1. The Morgan fingerprint density at radius 2 is 1.48 bits per heavy atom. The van der Waals surface area contributed by atoms with E-state index in [9.17, 15) is 9.90 Å². The van der Waals surface area contributed by atoms with Crippen LogP contribution in [0.2, 0.25) is 0 Å². The van der Waals surface area contributed by atoms with E-state index >= 15 is 0 Å². The highest BCUT2D eigenvalue weighted by atomic mass is 16.5. The standard InChI is InChI=1S/C23H17NO3/c1-27-19-13-7-6-12-18(19)23(26)17-11-5-4-10-16(17)21-20(23)14-8-2-3-9-15(14)22(25)24-21/h2-13,26H,1H3,(H,24,25). The van der Waals surface area contributed by atoms with Crippen molar-refractivity contribution in [3.63, 3.8) is 0 Å². The van der Waals surface area contributed by atoms with E-state index in [0.29, 0.717) is 28.0 Å². The zero-order valence-electron chi connectivity index (χ0n) is 14.7. The average molecular weight is 355 g/mol. The number of para-hydroxylation sites is 1. The molecule has 0 aliphatic heterocycles. The molecule has 4 nitrogen and oxygen atoms in total. The molecular weight excluding hydrogens is 338 g/mol. The summed E-state index contributed by atoms with van der Waals surface area (Å²) in [5, 5.41) is 13.5. The molecule has 27 heavy (non-hydrogen) atoms. The number of rotatable bonds is 2. The van der Waals surface area contributed by atoms with Crippen molar-refractivity contribution < 1.29 is 9.84 Å². The molecule has 0 saturated carbocycles. The van der Waals surface area contributed by atoms with Crippen LogP contribution in [0, 0.1) is 0 Å². The fourth-order valence-corrected chi connectivity index (χ4v) is 4.23. The summed E-state index contributed by atoms with van der Waals surface area (Å²) >= 11 is 0. The molecule has 1 unspecified atom stereocenters. The molecule has 3 aromatic carbocycles. The van der Waals surface area contributed by atoms with Crippen LogP contribution in [0.15, 0.2) is 77.6 Å². The lowest BCUT2D eigenvalue weighted by molar-refractivity contribution is 0.128. The summed E-state index contributed by atoms with van der Waals surface area (Å²) in [6, 6.07) is 22.4. The fourth-order valence-electron chi connectivity index (χ4n) is 4.23. The van der Waals surface area contributed by atoms with Crippen molar-refractivity contribution in [1.29, 1.82) is 0 Å². The first-order chi connectivity index (χ1) is 13.2. The number of aromatic amines is 1. The van der Waals surface area contributed by atoms with Gasteiger partial charge < -0.3 is 14.8 Å². The smallest absolute Gasteiger partial charge is 0.256 e. The van der Waals surface area contributed by atoms with Crippen LogP contribution >= 0.6 is 0 Å². The molecule has 4 heteroatoms. The van der Waals surface area contributed by atoms with Crippen LogP contribution < -0.4 is 10.3 Å². The van der Waals surface area contributed by atoms with Crippen LogP contribution in [0.4, 0.5) is 0 Å².